The summed E-state index contributed by atoms with van der Waals surface area (Å²) in [6.07, 6.45) is 7.36. The quantitative estimate of drug-likeness (QED) is 0.413. The summed E-state index contributed by atoms with van der Waals surface area (Å²) in [6, 6.07) is 15.2. The standard InChI is InChI=1S/C35H51N9O/c1-28-5-4-15-41(2)34-9-8-30(24-38-34)33-10-12-37-35(40-33)39-31-7-3-6-29(23-31)25-44-20-19-43(16-11-28)26-32(44)27-45-22-21-42-17-13-36-14-18-42/h3,6-10,12,23-24,28,32,36H,4-5,11,13-22,25-27H2,1-2H3,(H,37,39,40). The molecule has 3 aromatic rings. The van der Waals surface area contributed by atoms with Gasteiger partial charge >= 0.3 is 0 Å². The van der Waals surface area contributed by atoms with Crippen LogP contribution in [0, 0.1) is 5.92 Å². The van der Waals surface area contributed by atoms with Gasteiger partial charge in [0.25, 0.3) is 0 Å². The van der Waals surface area contributed by atoms with E-state index in [-0.39, 0.29) is 0 Å². The Morgan fingerprint density at radius 2 is 1.87 bits per heavy atom. The first-order valence-electron chi connectivity index (χ1n) is 16.9. The average molecular weight is 614 g/mol. The molecule has 1 aromatic carbocycles. The van der Waals surface area contributed by atoms with Gasteiger partial charge in [0.1, 0.15) is 5.82 Å². The second kappa shape index (κ2) is 15.9. The van der Waals surface area contributed by atoms with Crippen molar-refractivity contribution < 1.29 is 4.74 Å². The number of nitrogens with one attached hydrogen (secondary N) is 2. The van der Waals surface area contributed by atoms with Crippen molar-refractivity contribution >= 4 is 17.5 Å². The van der Waals surface area contributed by atoms with Crippen LogP contribution in [0.5, 0.6) is 0 Å². The minimum absolute atomic E-state index is 0.376. The smallest absolute Gasteiger partial charge is 0.227 e. The van der Waals surface area contributed by atoms with Crippen molar-refractivity contribution in [3.05, 3.63) is 60.4 Å². The summed E-state index contributed by atoms with van der Waals surface area (Å²) in [5.74, 6) is 2.28. The first kappa shape index (κ1) is 31.8. The third kappa shape index (κ3) is 9.20. The highest BCUT2D eigenvalue weighted by atomic mass is 16.5. The number of anilines is 3. The van der Waals surface area contributed by atoms with Crippen LogP contribution in [0.25, 0.3) is 11.3 Å². The fraction of sp³-hybridized carbons (Fsp3) is 0.571. The molecule has 4 unspecified atom stereocenters. The highest BCUT2D eigenvalue weighted by molar-refractivity contribution is 5.62. The second-order valence-corrected chi connectivity index (χ2v) is 13.0. The summed E-state index contributed by atoms with van der Waals surface area (Å²) in [4.78, 5) is 24.2. The van der Waals surface area contributed by atoms with Crippen LogP contribution >= 0.6 is 0 Å². The summed E-state index contributed by atoms with van der Waals surface area (Å²) in [5, 5.41) is 6.89. The molecule has 45 heavy (non-hydrogen) atoms. The van der Waals surface area contributed by atoms with Crippen molar-refractivity contribution in [3.63, 3.8) is 0 Å². The monoisotopic (exact) mass is 613 g/mol. The lowest BCUT2D eigenvalue weighted by atomic mass is 10.0. The Morgan fingerprint density at radius 1 is 0.956 bits per heavy atom. The van der Waals surface area contributed by atoms with Crippen molar-refractivity contribution in [2.24, 2.45) is 5.92 Å². The lowest BCUT2D eigenvalue weighted by molar-refractivity contribution is -0.000980. The maximum Gasteiger partial charge on any atom is 0.227 e. The van der Waals surface area contributed by atoms with Gasteiger partial charge in [0.2, 0.25) is 5.95 Å². The van der Waals surface area contributed by atoms with Crippen LogP contribution in [-0.4, -0.2) is 121 Å². The van der Waals surface area contributed by atoms with E-state index in [1.54, 1.807) is 0 Å². The number of piperazine rings is 2. The van der Waals surface area contributed by atoms with E-state index in [0.717, 1.165) is 114 Å². The van der Waals surface area contributed by atoms with Gasteiger partial charge in [0, 0.05) is 102 Å². The Kier molecular flexibility index (Phi) is 11.3. The fourth-order valence-corrected chi connectivity index (χ4v) is 6.67. The molecule has 8 heterocycles. The van der Waals surface area contributed by atoms with Gasteiger partial charge in [-0.25, -0.2) is 15.0 Å². The summed E-state index contributed by atoms with van der Waals surface area (Å²) in [5.41, 5.74) is 4.12. The van der Waals surface area contributed by atoms with Gasteiger partial charge in [-0.2, -0.15) is 0 Å². The first-order valence-corrected chi connectivity index (χ1v) is 16.9. The maximum absolute atomic E-state index is 6.37. The summed E-state index contributed by atoms with van der Waals surface area (Å²) in [7, 11) is 2.14. The van der Waals surface area contributed by atoms with Crippen molar-refractivity contribution in [3.8, 4) is 11.3 Å². The van der Waals surface area contributed by atoms with E-state index in [1.165, 1.54) is 18.4 Å². The van der Waals surface area contributed by atoms with Crippen LogP contribution in [0.4, 0.5) is 17.5 Å². The highest BCUT2D eigenvalue weighted by Gasteiger charge is 2.27. The normalized spacial score (nSPS) is 25.2. The lowest BCUT2D eigenvalue weighted by Gasteiger charge is -2.42. The van der Waals surface area contributed by atoms with E-state index in [9.17, 15) is 0 Å². The molecule has 0 spiro atoms. The molecule has 2 N–H and O–H groups in total. The Balaban J connectivity index is 1.17. The molecule has 0 aliphatic carbocycles. The first-order chi connectivity index (χ1) is 22.1. The summed E-state index contributed by atoms with van der Waals surface area (Å²) < 4.78 is 6.37. The van der Waals surface area contributed by atoms with Crippen LogP contribution in [-0.2, 0) is 11.3 Å². The van der Waals surface area contributed by atoms with E-state index < -0.39 is 0 Å². The van der Waals surface area contributed by atoms with Crippen molar-refractivity contribution in [2.75, 3.05) is 95.9 Å². The van der Waals surface area contributed by atoms with Crippen molar-refractivity contribution in [1.82, 2.24) is 35.0 Å². The number of benzene rings is 1. The molecule has 2 saturated heterocycles. The average Bonchev–Trinajstić information content (AvgIpc) is 3.07. The summed E-state index contributed by atoms with van der Waals surface area (Å²) >= 11 is 0. The Labute approximate surface area is 269 Å². The highest BCUT2D eigenvalue weighted by Crippen LogP contribution is 2.24. The number of hydrogen-bond donors (Lipinski definition) is 2. The van der Waals surface area contributed by atoms with Crippen LogP contribution in [0.1, 0.15) is 31.7 Å². The molecular formula is C35H51N9O. The lowest BCUT2D eigenvalue weighted by Crippen LogP contribution is -2.54. The number of pyridine rings is 1. The molecule has 4 atom stereocenters. The van der Waals surface area contributed by atoms with Gasteiger partial charge in [-0.05, 0) is 67.6 Å². The molecule has 242 valence electrons. The predicted octanol–water partition coefficient (Wildman–Crippen LogP) is 3.95. The predicted molar refractivity (Wildman–Crippen MR) is 182 cm³/mol. The summed E-state index contributed by atoms with van der Waals surface area (Å²) in [6.45, 7) is 15.7. The van der Waals surface area contributed by atoms with Crippen molar-refractivity contribution in [2.45, 2.75) is 38.8 Å². The zero-order valence-electron chi connectivity index (χ0n) is 27.2. The number of nitrogens with zero attached hydrogens (tertiary/aromatic N) is 7. The third-order valence-electron chi connectivity index (χ3n) is 9.55. The molecule has 0 amide bonds. The molecule has 0 radical (unpaired) electrons. The molecule has 2 fully saturated rings. The molecule has 10 nitrogen and oxygen atoms in total. The molecule has 10 heteroatoms. The zero-order valence-corrected chi connectivity index (χ0v) is 27.2. The Hall–Kier alpha value is -3.15. The molecule has 8 bridgehead atoms. The van der Waals surface area contributed by atoms with Crippen LogP contribution < -0.4 is 15.5 Å². The van der Waals surface area contributed by atoms with Gasteiger partial charge in [-0.15, -0.1) is 0 Å². The molecular weight excluding hydrogens is 562 g/mol. The number of aromatic nitrogens is 3. The molecule has 6 aliphatic rings. The van der Waals surface area contributed by atoms with Crippen LogP contribution in [0.15, 0.2) is 54.9 Å². The van der Waals surface area contributed by atoms with Crippen molar-refractivity contribution in [1.29, 1.82) is 0 Å². The fourth-order valence-electron chi connectivity index (χ4n) is 6.67. The second-order valence-electron chi connectivity index (χ2n) is 13.0. The number of ether oxygens (including phenoxy) is 1. The third-order valence-corrected chi connectivity index (χ3v) is 9.55. The Morgan fingerprint density at radius 3 is 2.73 bits per heavy atom. The minimum Gasteiger partial charge on any atom is -0.378 e. The van der Waals surface area contributed by atoms with Gasteiger partial charge in [-0.3, -0.25) is 9.80 Å². The zero-order chi connectivity index (χ0) is 30.8. The Bertz CT molecular complexity index is 1330. The molecule has 0 saturated carbocycles. The SMILES string of the molecule is CC1CCCN(C)c2ccc(cn2)-c2ccnc(n2)Nc2cccc(c2)CN2CCN(CC1)CC2COCCN1CCNCC1. The van der Waals surface area contributed by atoms with Gasteiger partial charge in [0.15, 0.2) is 0 Å². The topological polar surface area (TPSA) is 84.9 Å². The van der Waals surface area contributed by atoms with Gasteiger partial charge < -0.3 is 25.2 Å². The van der Waals surface area contributed by atoms with E-state index in [2.05, 4.69) is 85.6 Å². The van der Waals surface area contributed by atoms with E-state index in [1.807, 2.05) is 18.5 Å². The van der Waals surface area contributed by atoms with Gasteiger partial charge in [-0.1, -0.05) is 19.1 Å². The van der Waals surface area contributed by atoms with Crippen LogP contribution in [0.2, 0.25) is 0 Å². The maximum atomic E-state index is 6.37. The molecule has 9 rings (SSSR count). The number of rotatable bonds is 5. The number of hydrogen-bond acceptors (Lipinski definition) is 10. The minimum atomic E-state index is 0.376. The largest absolute Gasteiger partial charge is 0.378 e. The van der Waals surface area contributed by atoms with E-state index in [0.29, 0.717) is 17.9 Å². The molecule has 6 aliphatic heterocycles. The van der Waals surface area contributed by atoms with Gasteiger partial charge in [0.05, 0.1) is 18.9 Å². The van der Waals surface area contributed by atoms with Crippen LogP contribution in [0.3, 0.4) is 0 Å². The van der Waals surface area contributed by atoms with E-state index in [4.69, 9.17) is 14.7 Å². The molecule has 2 aromatic heterocycles. The van der Waals surface area contributed by atoms with E-state index >= 15 is 0 Å².